The third-order valence-electron chi connectivity index (χ3n) is 4.30. The molecule has 3 rings (SSSR count). The number of fused-ring (bicyclic) bond motifs is 2. The number of carbonyl (C=O) groups excluding carboxylic acids is 1. The fourth-order valence-corrected chi connectivity index (χ4v) is 3.52. The van der Waals surface area contributed by atoms with Crippen molar-refractivity contribution < 1.29 is 4.79 Å². The Morgan fingerprint density at radius 2 is 2.32 bits per heavy atom. The molecule has 0 radical (unpaired) electrons. The molecule has 0 aromatic heterocycles. The highest BCUT2D eigenvalue weighted by Crippen LogP contribution is 2.43. The van der Waals surface area contributed by atoms with E-state index in [0.29, 0.717) is 25.3 Å². The summed E-state index contributed by atoms with van der Waals surface area (Å²) in [6.45, 7) is 2.77. The highest BCUT2D eigenvalue weighted by Gasteiger charge is 2.42. The first-order valence-electron chi connectivity index (χ1n) is 6.99. The third-order valence-corrected chi connectivity index (χ3v) is 4.30. The molecule has 0 saturated carbocycles. The molecular formula is C16H18N2O. The summed E-state index contributed by atoms with van der Waals surface area (Å²) in [7, 11) is 0. The number of carbonyl (C=O) groups is 1. The Hall–Kier alpha value is -1.82. The molecule has 0 bridgehead atoms. The molecule has 1 aliphatic heterocycles. The number of nitriles is 1. The summed E-state index contributed by atoms with van der Waals surface area (Å²) >= 11 is 0. The first kappa shape index (κ1) is 12.2. The van der Waals surface area contributed by atoms with Gasteiger partial charge in [0, 0.05) is 18.9 Å². The number of hydrogen-bond donors (Lipinski definition) is 0. The Balaban J connectivity index is 2.00. The lowest BCUT2D eigenvalue weighted by molar-refractivity contribution is -0.117. The predicted octanol–water partition coefficient (Wildman–Crippen LogP) is 2.72. The van der Waals surface area contributed by atoms with Gasteiger partial charge in [0.25, 0.3) is 0 Å². The predicted molar refractivity (Wildman–Crippen MR) is 73.0 cm³/mol. The highest BCUT2D eigenvalue weighted by atomic mass is 16.1. The minimum atomic E-state index is 0.254. The molecule has 0 saturated heterocycles. The largest absolute Gasteiger partial charge is 0.360 e. The summed E-state index contributed by atoms with van der Waals surface area (Å²) < 4.78 is 0. The third kappa shape index (κ3) is 1.92. The maximum Gasteiger partial charge on any atom is 0.178 e. The molecule has 3 nitrogen and oxygen atoms in total. The van der Waals surface area contributed by atoms with Crippen molar-refractivity contribution in [3.8, 4) is 6.07 Å². The molecule has 2 atom stereocenters. The van der Waals surface area contributed by atoms with Gasteiger partial charge in [0.2, 0.25) is 0 Å². The van der Waals surface area contributed by atoms with Crippen molar-refractivity contribution in [2.45, 2.75) is 38.6 Å². The number of allylic oxidation sites excluding steroid dienone is 3. The van der Waals surface area contributed by atoms with Crippen LogP contribution in [0, 0.1) is 17.2 Å². The zero-order valence-electron chi connectivity index (χ0n) is 11.2. The van der Waals surface area contributed by atoms with Crippen LogP contribution in [0.2, 0.25) is 0 Å². The van der Waals surface area contributed by atoms with Gasteiger partial charge in [-0.3, -0.25) is 4.79 Å². The van der Waals surface area contributed by atoms with Crippen LogP contribution in [0.25, 0.3) is 0 Å². The van der Waals surface area contributed by atoms with Crippen LogP contribution in [0.1, 0.15) is 32.6 Å². The molecule has 0 aromatic carbocycles. The van der Waals surface area contributed by atoms with Crippen LogP contribution in [0.15, 0.2) is 35.1 Å². The number of ketones is 1. The average molecular weight is 254 g/mol. The Kier molecular flexibility index (Phi) is 3.02. The van der Waals surface area contributed by atoms with Crippen molar-refractivity contribution in [3.05, 3.63) is 35.1 Å². The zero-order valence-corrected chi connectivity index (χ0v) is 11.2. The Morgan fingerprint density at radius 3 is 3.11 bits per heavy atom. The first-order valence-corrected chi connectivity index (χ1v) is 6.99. The molecule has 0 N–H and O–H groups in total. The summed E-state index contributed by atoms with van der Waals surface area (Å²) in [5, 5.41) is 8.82. The standard InChI is InChI=1S/C16H18N2O/c1-11-6-7-14-13(10-11)12-4-2-5-15(19)16(12)18(14)9-3-8-17/h6-7,10,13-14H,2-5,9H2,1H3/t13-,14+/m1/s1. The van der Waals surface area contributed by atoms with Crippen molar-refractivity contribution in [2.75, 3.05) is 6.54 Å². The van der Waals surface area contributed by atoms with Gasteiger partial charge in [-0.05, 0) is 25.3 Å². The van der Waals surface area contributed by atoms with Crippen LogP contribution in [0.4, 0.5) is 0 Å². The minimum absolute atomic E-state index is 0.254. The molecule has 3 aliphatic rings. The number of hydrogen-bond acceptors (Lipinski definition) is 3. The van der Waals surface area contributed by atoms with Crippen molar-refractivity contribution >= 4 is 5.78 Å². The molecule has 0 unspecified atom stereocenters. The SMILES string of the molecule is CC1=C[C@@H]2C3=C(C(=O)CCC3)N(CCC#N)[C@H]2C=C1. The molecular weight excluding hydrogens is 236 g/mol. The molecule has 0 amide bonds. The van der Waals surface area contributed by atoms with Crippen molar-refractivity contribution in [1.82, 2.24) is 4.90 Å². The van der Waals surface area contributed by atoms with Crippen LogP contribution in [-0.2, 0) is 4.79 Å². The number of Topliss-reactive ketones (excluding diaryl/α,β-unsaturated/α-hetero) is 1. The summed E-state index contributed by atoms with van der Waals surface area (Å²) in [6, 6.07) is 2.45. The maximum atomic E-state index is 12.2. The molecule has 19 heavy (non-hydrogen) atoms. The van der Waals surface area contributed by atoms with Crippen LogP contribution in [-0.4, -0.2) is 23.3 Å². The Morgan fingerprint density at radius 1 is 1.47 bits per heavy atom. The van der Waals surface area contributed by atoms with E-state index in [4.69, 9.17) is 5.26 Å². The molecule has 98 valence electrons. The number of nitrogens with zero attached hydrogens (tertiary/aromatic N) is 2. The van der Waals surface area contributed by atoms with Crippen LogP contribution in [0.3, 0.4) is 0 Å². The van der Waals surface area contributed by atoms with Gasteiger partial charge < -0.3 is 4.90 Å². The zero-order chi connectivity index (χ0) is 13.4. The topological polar surface area (TPSA) is 44.1 Å². The second-order valence-corrected chi connectivity index (χ2v) is 5.54. The van der Waals surface area contributed by atoms with E-state index >= 15 is 0 Å². The molecule has 0 spiro atoms. The van der Waals surface area contributed by atoms with Crippen LogP contribution < -0.4 is 0 Å². The van der Waals surface area contributed by atoms with Crippen LogP contribution in [0.5, 0.6) is 0 Å². The van der Waals surface area contributed by atoms with Crippen molar-refractivity contribution in [1.29, 1.82) is 5.26 Å². The lowest BCUT2D eigenvalue weighted by Crippen LogP contribution is -2.35. The van der Waals surface area contributed by atoms with Gasteiger partial charge in [-0.15, -0.1) is 0 Å². The van der Waals surface area contributed by atoms with Crippen molar-refractivity contribution in [3.63, 3.8) is 0 Å². The van der Waals surface area contributed by atoms with Gasteiger partial charge in [-0.25, -0.2) is 0 Å². The van der Waals surface area contributed by atoms with E-state index in [1.165, 1.54) is 11.1 Å². The maximum absolute atomic E-state index is 12.2. The summed E-state index contributed by atoms with van der Waals surface area (Å²) in [6.07, 6.45) is 9.75. The number of rotatable bonds is 2. The van der Waals surface area contributed by atoms with Gasteiger partial charge in [0.15, 0.2) is 5.78 Å². The van der Waals surface area contributed by atoms with E-state index in [9.17, 15) is 4.79 Å². The monoisotopic (exact) mass is 254 g/mol. The second kappa shape index (κ2) is 4.70. The van der Waals surface area contributed by atoms with Gasteiger partial charge in [-0.2, -0.15) is 5.26 Å². The summed E-state index contributed by atoms with van der Waals surface area (Å²) in [5.41, 5.74) is 3.50. The average Bonchev–Trinajstić information content (AvgIpc) is 2.71. The van der Waals surface area contributed by atoms with E-state index in [2.05, 4.69) is 36.1 Å². The van der Waals surface area contributed by atoms with E-state index in [0.717, 1.165) is 18.5 Å². The smallest absolute Gasteiger partial charge is 0.178 e. The Bertz CT molecular complexity index is 548. The van der Waals surface area contributed by atoms with E-state index in [1.54, 1.807) is 0 Å². The molecule has 1 heterocycles. The molecule has 0 fully saturated rings. The van der Waals surface area contributed by atoms with Gasteiger partial charge in [0.05, 0.1) is 24.2 Å². The van der Waals surface area contributed by atoms with E-state index in [-0.39, 0.29) is 11.8 Å². The minimum Gasteiger partial charge on any atom is -0.360 e. The fourth-order valence-electron chi connectivity index (χ4n) is 3.52. The molecule has 0 aromatic rings. The normalized spacial score (nSPS) is 28.9. The Labute approximate surface area is 113 Å². The van der Waals surface area contributed by atoms with Gasteiger partial charge >= 0.3 is 0 Å². The fraction of sp³-hybridized carbons (Fsp3) is 0.500. The quantitative estimate of drug-likeness (QED) is 0.761. The van der Waals surface area contributed by atoms with Crippen LogP contribution >= 0.6 is 0 Å². The summed E-state index contributed by atoms with van der Waals surface area (Å²) in [4.78, 5) is 14.4. The van der Waals surface area contributed by atoms with Gasteiger partial charge in [-0.1, -0.05) is 23.8 Å². The van der Waals surface area contributed by atoms with E-state index < -0.39 is 0 Å². The van der Waals surface area contributed by atoms with Gasteiger partial charge in [0.1, 0.15) is 0 Å². The lowest BCUT2D eigenvalue weighted by Gasteiger charge is -2.30. The lowest BCUT2D eigenvalue weighted by atomic mass is 9.83. The molecule has 3 heteroatoms. The first-order chi connectivity index (χ1) is 9.22. The summed E-state index contributed by atoms with van der Waals surface area (Å²) in [5.74, 6) is 0.621. The molecule has 2 aliphatic carbocycles. The second-order valence-electron chi connectivity index (χ2n) is 5.54. The van der Waals surface area contributed by atoms with Crippen molar-refractivity contribution in [2.24, 2.45) is 5.92 Å². The van der Waals surface area contributed by atoms with E-state index in [1.807, 2.05) is 0 Å². The highest BCUT2D eigenvalue weighted by molar-refractivity contribution is 5.97.